The fourth-order valence-corrected chi connectivity index (χ4v) is 4.26. The Morgan fingerprint density at radius 2 is 2.16 bits per heavy atom. The summed E-state index contributed by atoms with van der Waals surface area (Å²) in [6.07, 6.45) is 6.73. The highest BCUT2D eigenvalue weighted by atomic mass is 79.9. The van der Waals surface area contributed by atoms with Gasteiger partial charge in [0.05, 0.1) is 0 Å². The van der Waals surface area contributed by atoms with Crippen LogP contribution < -0.4 is 4.90 Å². The van der Waals surface area contributed by atoms with Crippen LogP contribution in [0.25, 0.3) is 0 Å². The molecule has 2 aliphatic rings. The topological polar surface area (TPSA) is 29.0 Å². The van der Waals surface area contributed by atoms with Crippen LogP contribution in [0.1, 0.15) is 38.4 Å². The highest BCUT2D eigenvalue weighted by Gasteiger charge is 2.39. The summed E-state index contributed by atoms with van der Waals surface area (Å²) in [5.74, 6) is 4.85. The van der Waals surface area contributed by atoms with Crippen LogP contribution >= 0.6 is 15.9 Å². The maximum absolute atomic E-state index is 4.64. The minimum Gasteiger partial charge on any atom is -0.359 e. The average molecular weight is 324 g/mol. The van der Waals surface area contributed by atoms with Crippen LogP contribution in [-0.4, -0.2) is 23.6 Å². The Labute approximate surface area is 124 Å². The summed E-state index contributed by atoms with van der Waals surface area (Å²) < 4.78 is 0.897. The molecule has 3 rings (SSSR count). The second-order valence-corrected chi connectivity index (χ2v) is 6.95. The van der Waals surface area contributed by atoms with Gasteiger partial charge in [-0.3, -0.25) is 0 Å². The number of nitrogens with zero attached hydrogens (tertiary/aromatic N) is 3. The molecule has 19 heavy (non-hydrogen) atoms. The van der Waals surface area contributed by atoms with Gasteiger partial charge in [0.2, 0.25) is 0 Å². The van der Waals surface area contributed by atoms with E-state index in [9.17, 15) is 0 Å². The number of aromatic nitrogens is 2. The van der Waals surface area contributed by atoms with E-state index in [1.54, 1.807) is 0 Å². The predicted octanol–water partition coefficient (Wildman–Crippen LogP) is 3.67. The zero-order valence-corrected chi connectivity index (χ0v) is 13.4. The van der Waals surface area contributed by atoms with Crippen molar-refractivity contribution in [3.63, 3.8) is 0 Å². The van der Waals surface area contributed by atoms with E-state index in [1.165, 1.54) is 25.7 Å². The van der Waals surface area contributed by atoms with Crippen LogP contribution in [0.3, 0.4) is 0 Å². The highest BCUT2D eigenvalue weighted by Crippen LogP contribution is 2.48. The fourth-order valence-electron chi connectivity index (χ4n) is 3.85. The molecule has 2 bridgehead atoms. The monoisotopic (exact) mass is 323 g/mol. The van der Waals surface area contributed by atoms with Gasteiger partial charge in [-0.15, -0.1) is 0 Å². The van der Waals surface area contributed by atoms with Crippen LogP contribution in [0.2, 0.25) is 0 Å². The van der Waals surface area contributed by atoms with Gasteiger partial charge in [0.15, 0.2) is 0 Å². The van der Waals surface area contributed by atoms with E-state index in [0.717, 1.165) is 47.0 Å². The third-order valence-corrected chi connectivity index (χ3v) is 5.23. The zero-order chi connectivity index (χ0) is 13.4. The number of fused-ring (bicyclic) bond motifs is 2. The van der Waals surface area contributed by atoms with Crippen molar-refractivity contribution >= 4 is 21.7 Å². The van der Waals surface area contributed by atoms with Crippen molar-refractivity contribution < 1.29 is 0 Å². The molecule has 1 aromatic heterocycles. The molecule has 3 unspecified atom stereocenters. The summed E-state index contributed by atoms with van der Waals surface area (Å²) in [7, 11) is 2.17. The Morgan fingerprint density at radius 1 is 1.32 bits per heavy atom. The number of aryl methyl sites for hydroxylation is 1. The summed E-state index contributed by atoms with van der Waals surface area (Å²) in [6, 6.07) is 2.03. The molecule has 0 amide bonds. The number of hydrogen-bond donors (Lipinski definition) is 0. The molecule has 0 aromatic carbocycles. The molecular weight excluding hydrogens is 302 g/mol. The maximum Gasteiger partial charge on any atom is 0.133 e. The number of halogens is 1. The van der Waals surface area contributed by atoms with Crippen molar-refractivity contribution in [3.05, 3.63) is 16.5 Å². The van der Waals surface area contributed by atoms with Gasteiger partial charge in [-0.2, -0.15) is 0 Å². The predicted molar refractivity (Wildman–Crippen MR) is 81.3 cm³/mol. The summed E-state index contributed by atoms with van der Waals surface area (Å²) in [6.45, 7) is 3.25. The van der Waals surface area contributed by atoms with Crippen LogP contribution in [0.15, 0.2) is 10.7 Å². The van der Waals surface area contributed by atoms with Gasteiger partial charge in [-0.1, -0.05) is 13.3 Å². The highest BCUT2D eigenvalue weighted by molar-refractivity contribution is 9.10. The molecular formula is C15H22BrN3. The molecule has 0 aliphatic heterocycles. The van der Waals surface area contributed by atoms with Crippen LogP contribution in [0.4, 0.5) is 5.82 Å². The maximum atomic E-state index is 4.64. The summed E-state index contributed by atoms with van der Waals surface area (Å²) in [5, 5.41) is 0. The van der Waals surface area contributed by atoms with Crippen molar-refractivity contribution in [1.82, 2.24) is 9.97 Å². The Kier molecular flexibility index (Phi) is 3.79. The van der Waals surface area contributed by atoms with Gasteiger partial charge in [0.25, 0.3) is 0 Å². The lowest BCUT2D eigenvalue weighted by Gasteiger charge is -2.28. The molecule has 0 spiro atoms. The molecule has 0 radical (unpaired) electrons. The van der Waals surface area contributed by atoms with Gasteiger partial charge in [0.1, 0.15) is 16.2 Å². The summed E-state index contributed by atoms with van der Waals surface area (Å²) in [5.41, 5.74) is 0. The van der Waals surface area contributed by atoms with Crippen molar-refractivity contribution in [2.24, 2.45) is 17.8 Å². The van der Waals surface area contributed by atoms with E-state index in [1.807, 2.05) is 6.07 Å². The normalized spacial score (nSPS) is 28.9. The van der Waals surface area contributed by atoms with Crippen LogP contribution in [0.5, 0.6) is 0 Å². The van der Waals surface area contributed by atoms with Crippen molar-refractivity contribution in [3.8, 4) is 0 Å². The fraction of sp³-hybridized carbons (Fsp3) is 0.733. The average Bonchev–Trinajstić information content (AvgIpc) is 3.00. The lowest BCUT2D eigenvalue weighted by atomic mass is 9.88. The van der Waals surface area contributed by atoms with E-state index >= 15 is 0 Å². The largest absolute Gasteiger partial charge is 0.359 e. The summed E-state index contributed by atoms with van der Waals surface area (Å²) >= 11 is 3.49. The first kappa shape index (κ1) is 13.3. The molecule has 3 nitrogen and oxygen atoms in total. The van der Waals surface area contributed by atoms with E-state index in [0.29, 0.717) is 0 Å². The number of anilines is 1. The Balaban J connectivity index is 1.70. The van der Waals surface area contributed by atoms with Crippen LogP contribution in [0, 0.1) is 17.8 Å². The standard InChI is InChI=1S/C15H22BrN3/c1-3-14-17-13(16)8-15(18-14)19(2)9-12-7-10-4-5-11(12)6-10/h8,10-12H,3-7,9H2,1-2H3. The van der Waals surface area contributed by atoms with Gasteiger partial charge < -0.3 is 4.90 Å². The van der Waals surface area contributed by atoms with Gasteiger partial charge in [-0.25, -0.2) is 9.97 Å². The van der Waals surface area contributed by atoms with E-state index in [-0.39, 0.29) is 0 Å². The first-order valence-corrected chi connectivity index (χ1v) is 8.19. The molecule has 1 heterocycles. The number of rotatable bonds is 4. The van der Waals surface area contributed by atoms with Gasteiger partial charge >= 0.3 is 0 Å². The Morgan fingerprint density at radius 3 is 2.79 bits per heavy atom. The molecule has 2 fully saturated rings. The molecule has 2 saturated carbocycles. The molecule has 104 valence electrons. The molecule has 2 aliphatic carbocycles. The quantitative estimate of drug-likeness (QED) is 0.791. The third-order valence-electron chi connectivity index (χ3n) is 4.83. The number of hydrogen-bond acceptors (Lipinski definition) is 3. The van der Waals surface area contributed by atoms with Crippen molar-refractivity contribution in [1.29, 1.82) is 0 Å². The smallest absolute Gasteiger partial charge is 0.133 e. The van der Waals surface area contributed by atoms with E-state index in [4.69, 9.17) is 0 Å². The minimum absolute atomic E-state index is 0.877. The molecule has 1 aromatic rings. The molecule has 3 atom stereocenters. The molecule has 0 N–H and O–H groups in total. The van der Waals surface area contributed by atoms with Crippen molar-refractivity contribution in [2.45, 2.75) is 39.0 Å². The van der Waals surface area contributed by atoms with E-state index in [2.05, 4.69) is 44.8 Å². The Bertz CT molecular complexity index is 463. The summed E-state index contributed by atoms with van der Waals surface area (Å²) in [4.78, 5) is 11.3. The van der Waals surface area contributed by atoms with Gasteiger partial charge in [0, 0.05) is 26.1 Å². The zero-order valence-electron chi connectivity index (χ0n) is 11.8. The van der Waals surface area contributed by atoms with Crippen molar-refractivity contribution in [2.75, 3.05) is 18.5 Å². The third kappa shape index (κ3) is 2.78. The molecule has 0 saturated heterocycles. The first-order chi connectivity index (χ1) is 9.15. The van der Waals surface area contributed by atoms with Gasteiger partial charge in [-0.05, 0) is 52.9 Å². The van der Waals surface area contributed by atoms with Crippen LogP contribution in [-0.2, 0) is 6.42 Å². The molecule has 4 heteroatoms. The SMILES string of the molecule is CCc1nc(Br)cc(N(C)CC2CC3CCC2C3)n1. The van der Waals surface area contributed by atoms with E-state index < -0.39 is 0 Å². The lowest BCUT2D eigenvalue weighted by molar-refractivity contribution is 0.337. The first-order valence-electron chi connectivity index (χ1n) is 7.40. The minimum atomic E-state index is 0.877. The lowest BCUT2D eigenvalue weighted by Crippen LogP contribution is -2.29. The Hall–Kier alpha value is -0.640. The second-order valence-electron chi connectivity index (χ2n) is 6.13. The second kappa shape index (κ2) is 5.39.